The molecule has 3 rings (SSSR count). The van der Waals surface area contributed by atoms with Crippen molar-refractivity contribution in [2.45, 2.75) is 115 Å². The first-order chi connectivity index (χ1) is 16.3. The molecule has 8 heteroatoms. The molecule has 8 nitrogen and oxygen atoms in total. The van der Waals surface area contributed by atoms with E-state index in [2.05, 4.69) is 9.98 Å². The van der Waals surface area contributed by atoms with Crippen molar-refractivity contribution in [3.05, 3.63) is 22.7 Å². The van der Waals surface area contributed by atoms with E-state index in [0.29, 0.717) is 0 Å². The van der Waals surface area contributed by atoms with Crippen LogP contribution in [0.3, 0.4) is 0 Å². The Hall–Kier alpha value is -2.64. The van der Waals surface area contributed by atoms with Gasteiger partial charge < -0.3 is 19.7 Å². The maximum absolute atomic E-state index is 12.6. The Balaban J connectivity index is 1.67. The van der Waals surface area contributed by atoms with Crippen molar-refractivity contribution in [1.29, 1.82) is 0 Å². The highest BCUT2D eigenvalue weighted by Gasteiger charge is 2.27. The Morgan fingerprint density at radius 3 is 1.29 bits per heavy atom. The van der Waals surface area contributed by atoms with Gasteiger partial charge in [-0.05, 0) is 78.1 Å². The third kappa shape index (κ3) is 7.43. The van der Waals surface area contributed by atoms with Crippen LogP contribution in [0, 0.1) is 0 Å². The summed E-state index contributed by atoms with van der Waals surface area (Å²) in [6.45, 7) is 2.90. The van der Waals surface area contributed by atoms with Crippen molar-refractivity contribution in [2.75, 3.05) is 0 Å². The fraction of sp³-hybridized carbons (Fsp3) is 0.692. The van der Waals surface area contributed by atoms with E-state index in [9.17, 15) is 19.8 Å². The summed E-state index contributed by atoms with van der Waals surface area (Å²) in [6.07, 6.45) is 13.7. The smallest absolute Gasteiger partial charge is 0.343 e. The average Bonchev–Trinajstić information content (AvgIpc) is 3.49. The third-order valence-corrected chi connectivity index (χ3v) is 6.86. The lowest BCUT2D eigenvalue weighted by Crippen LogP contribution is -2.28. The van der Waals surface area contributed by atoms with Gasteiger partial charge in [0.25, 0.3) is 0 Å². The summed E-state index contributed by atoms with van der Waals surface area (Å²) in [7, 11) is 0. The molecule has 0 amide bonds. The van der Waals surface area contributed by atoms with Gasteiger partial charge in [0.05, 0.1) is 12.1 Å². The van der Waals surface area contributed by atoms with Gasteiger partial charge in [0.15, 0.2) is 0 Å². The predicted molar refractivity (Wildman–Crippen MR) is 130 cm³/mol. The summed E-state index contributed by atoms with van der Waals surface area (Å²) >= 11 is 0. The largest absolute Gasteiger partial charge is 0.512 e. The normalized spacial score (nSPS) is 26.1. The highest BCUT2D eigenvalue weighted by molar-refractivity contribution is 6.10. The standard InChI is InChI=1S/C26H38N2O6/c1-17(29)21(25(31)33-19-9-3-4-10-19)15-27-23-13-7-8-14-24(23)28-16-22(18(2)30)26(32)34-20-11-5-6-12-20/h15-16,19-20,23-24,29-30H,3-14H2,1-2H3/b21-17+,22-18+,27-15?,28-16?/t23-,24-/m1/s1. The van der Waals surface area contributed by atoms with Crippen LogP contribution in [0.25, 0.3) is 0 Å². The minimum Gasteiger partial charge on any atom is -0.512 e. The highest BCUT2D eigenvalue weighted by atomic mass is 16.5. The summed E-state index contributed by atoms with van der Waals surface area (Å²) in [5.74, 6) is -1.36. The topological polar surface area (TPSA) is 118 Å². The van der Waals surface area contributed by atoms with Crippen LogP contribution < -0.4 is 0 Å². The lowest BCUT2D eigenvalue weighted by molar-refractivity contribution is -0.144. The van der Waals surface area contributed by atoms with Crippen molar-refractivity contribution in [3.63, 3.8) is 0 Å². The molecule has 0 bridgehead atoms. The Morgan fingerprint density at radius 1 is 0.647 bits per heavy atom. The van der Waals surface area contributed by atoms with Crippen LogP contribution in [0.1, 0.15) is 90.9 Å². The molecule has 3 aliphatic carbocycles. The summed E-state index contributed by atoms with van der Waals surface area (Å²) in [4.78, 5) is 34.3. The molecule has 0 spiro atoms. The van der Waals surface area contributed by atoms with Crippen molar-refractivity contribution in [3.8, 4) is 0 Å². The quantitative estimate of drug-likeness (QED) is 0.219. The van der Waals surface area contributed by atoms with Gasteiger partial charge in [0, 0.05) is 12.4 Å². The van der Waals surface area contributed by atoms with E-state index in [-0.39, 0.29) is 47.0 Å². The summed E-state index contributed by atoms with van der Waals surface area (Å²) < 4.78 is 11.0. The van der Waals surface area contributed by atoms with E-state index >= 15 is 0 Å². The fourth-order valence-electron chi connectivity index (χ4n) is 4.81. The Morgan fingerprint density at radius 2 is 0.971 bits per heavy atom. The lowest BCUT2D eigenvalue weighted by atomic mass is 9.91. The number of esters is 2. The maximum atomic E-state index is 12.6. The van der Waals surface area contributed by atoms with Crippen LogP contribution >= 0.6 is 0 Å². The second kappa shape index (κ2) is 12.7. The third-order valence-electron chi connectivity index (χ3n) is 6.86. The van der Waals surface area contributed by atoms with Gasteiger partial charge in [-0.25, -0.2) is 9.59 Å². The summed E-state index contributed by atoms with van der Waals surface area (Å²) in [6, 6.07) is -0.408. The molecule has 0 heterocycles. The molecule has 0 aromatic heterocycles. The molecule has 0 unspecified atom stereocenters. The number of carbonyl (C=O) groups excluding carboxylic acids is 2. The zero-order valence-electron chi connectivity index (χ0n) is 20.4. The SMILES string of the molecule is C/C(O)=C(/C=N[C@@H]1CCCC[C@H]1N=C/C(C(=O)OC1CCCC1)=C(/C)O)C(=O)OC1CCCC1. The number of aliphatic hydroxyl groups is 2. The Kier molecular flexibility index (Phi) is 9.72. The highest BCUT2D eigenvalue weighted by Crippen LogP contribution is 2.26. The first kappa shape index (κ1) is 26.0. The van der Waals surface area contributed by atoms with Gasteiger partial charge in [-0.15, -0.1) is 0 Å². The molecule has 0 saturated heterocycles. The summed E-state index contributed by atoms with van der Waals surface area (Å²) in [5.41, 5.74) is 0.124. The molecule has 0 aliphatic heterocycles. The first-order valence-corrected chi connectivity index (χ1v) is 12.6. The maximum Gasteiger partial charge on any atom is 0.343 e. The van der Waals surface area contributed by atoms with Crippen LogP contribution in [0.5, 0.6) is 0 Å². The minimum atomic E-state index is -0.553. The molecule has 3 fully saturated rings. The van der Waals surface area contributed by atoms with E-state index in [1.165, 1.54) is 26.3 Å². The van der Waals surface area contributed by atoms with Crippen LogP contribution in [0.15, 0.2) is 32.6 Å². The average molecular weight is 475 g/mol. The second-order valence-electron chi connectivity index (χ2n) is 9.60. The molecule has 3 saturated carbocycles. The van der Waals surface area contributed by atoms with Gasteiger partial charge in [0.2, 0.25) is 0 Å². The van der Waals surface area contributed by atoms with E-state index in [1.54, 1.807) is 0 Å². The van der Waals surface area contributed by atoms with Crippen LogP contribution in [0.2, 0.25) is 0 Å². The molecular formula is C26H38N2O6. The van der Waals surface area contributed by atoms with E-state index in [0.717, 1.165) is 77.0 Å². The predicted octanol–water partition coefficient (Wildman–Crippen LogP) is 5.07. The van der Waals surface area contributed by atoms with E-state index in [4.69, 9.17) is 9.47 Å². The molecule has 34 heavy (non-hydrogen) atoms. The Bertz CT molecular complexity index is 769. The van der Waals surface area contributed by atoms with E-state index < -0.39 is 11.9 Å². The first-order valence-electron chi connectivity index (χ1n) is 12.6. The number of aliphatic imine (C=N–C) groups is 2. The van der Waals surface area contributed by atoms with Crippen LogP contribution in [-0.2, 0) is 19.1 Å². The summed E-state index contributed by atoms with van der Waals surface area (Å²) in [5, 5.41) is 20.1. The van der Waals surface area contributed by atoms with Crippen molar-refractivity contribution in [2.24, 2.45) is 9.98 Å². The molecular weight excluding hydrogens is 436 g/mol. The number of hydrogen-bond donors (Lipinski definition) is 2. The zero-order chi connectivity index (χ0) is 24.5. The van der Waals surface area contributed by atoms with Crippen LogP contribution in [0.4, 0.5) is 0 Å². The number of hydrogen-bond acceptors (Lipinski definition) is 8. The number of rotatable bonds is 8. The van der Waals surface area contributed by atoms with Gasteiger partial charge >= 0.3 is 11.9 Å². The number of aliphatic hydroxyl groups excluding tert-OH is 2. The fourth-order valence-corrected chi connectivity index (χ4v) is 4.81. The van der Waals surface area contributed by atoms with Crippen molar-refractivity contribution < 1.29 is 29.3 Å². The number of ether oxygens (including phenoxy) is 2. The van der Waals surface area contributed by atoms with Gasteiger partial charge in [-0.3, -0.25) is 9.98 Å². The van der Waals surface area contributed by atoms with Gasteiger partial charge in [0.1, 0.15) is 34.9 Å². The lowest BCUT2D eigenvalue weighted by Gasteiger charge is -2.25. The molecule has 0 aromatic rings. The molecule has 0 aromatic carbocycles. The monoisotopic (exact) mass is 474 g/mol. The van der Waals surface area contributed by atoms with Gasteiger partial charge in [-0.2, -0.15) is 0 Å². The van der Waals surface area contributed by atoms with Crippen molar-refractivity contribution in [1.82, 2.24) is 0 Å². The van der Waals surface area contributed by atoms with Gasteiger partial charge in [-0.1, -0.05) is 12.8 Å². The molecule has 0 radical (unpaired) electrons. The Labute approximate surface area is 201 Å². The molecule has 3 aliphatic rings. The van der Waals surface area contributed by atoms with E-state index in [1.807, 2.05) is 0 Å². The minimum absolute atomic E-state index is 0.0622. The molecule has 188 valence electrons. The zero-order valence-corrected chi connectivity index (χ0v) is 20.4. The second-order valence-corrected chi connectivity index (χ2v) is 9.60. The molecule has 2 atom stereocenters. The number of allylic oxidation sites excluding steroid dienone is 2. The number of carbonyl (C=O) groups is 2. The van der Waals surface area contributed by atoms with Crippen molar-refractivity contribution >= 4 is 24.4 Å². The molecule has 2 N–H and O–H groups in total. The van der Waals surface area contributed by atoms with Crippen LogP contribution in [-0.4, -0.2) is 58.9 Å². The number of nitrogens with zero attached hydrogens (tertiary/aromatic N) is 2.